The molecule has 2 heterocycles. The van der Waals surface area contributed by atoms with Gasteiger partial charge in [-0.25, -0.2) is 22.3 Å². The molecule has 2 amide bonds. The van der Waals surface area contributed by atoms with Gasteiger partial charge in [0.1, 0.15) is 5.00 Å². The molecule has 12 heteroatoms. The van der Waals surface area contributed by atoms with Gasteiger partial charge in [0, 0.05) is 30.6 Å². The Bertz CT molecular complexity index is 1240. The van der Waals surface area contributed by atoms with Crippen molar-refractivity contribution in [1.29, 1.82) is 0 Å². The van der Waals surface area contributed by atoms with E-state index in [4.69, 9.17) is 9.47 Å². The molecule has 0 fully saturated rings. The van der Waals surface area contributed by atoms with Crippen molar-refractivity contribution in [2.45, 2.75) is 51.5 Å². The Morgan fingerprint density at radius 1 is 1.08 bits per heavy atom. The summed E-state index contributed by atoms with van der Waals surface area (Å²) in [6.45, 7) is 6.91. The van der Waals surface area contributed by atoms with Crippen LogP contribution in [0.4, 0.5) is 9.80 Å². The fraction of sp³-hybridized carbons (Fsp3) is 0.480. The van der Waals surface area contributed by atoms with Crippen LogP contribution in [0.15, 0.2) is 29.2 Å². The first kappa shape index (κ1) is 28.6. The summed E-state index contributed by atoms with van der Waals surface area (Å²) in [6, 6.07) is 5.68. The van der Waals surface area contributed by atoms with Gasteiger partial charge in [-0.3, -0.25) is 4.79 Å². The first-order chi connectivity index (χ1) is 17.6. The number of anilines is 1. The van der Waals surface area contributed by atoms with Crippen molar-refractivity contribution >= 4 is 44.3 Å². The van der Waals surface area contributed by atoms with E-state index in [2.05, 4.69) is 5.32 Å². The molecule has 2 aromatic rings. The number of carbonyl (C=O) groups is 3. The van der Waals surface area contributed by atoms with Crippen molar-refractivity contribution in [3.8, 4) is 0 Å². The lowest BCUT2D eigenvalue weighted by Crippen LogP contribution is -2.36. The monoisotopic (exact) mass is 551 g/mol. The lowest BCUT2D eigenvalue weighted by Gasteiger charge is -2.26. The zero-order valence-corrected chi connectivity index (χ0v) is 23.2. The number of nitrogens with one attached hydrogen (secondary N) is 1. The second kappa shape index (κ2) is 12.5. The largest absolute Gasteiger partial charge is 0.462 e. The van der Waals surface area contributed by atoms with E-state index in [1.54, 1.807) is 18.7 Å². The van der Waals surface area contributed by atoms with Gasteiger partial charge in [0.25, 0.3) is 5.91 Å². The van der Waals surface area contributed by atoms with Crippen LogP contribution in [-0.2, 0) is 32.5 Å². The quantitative estimate of drug-likeness (QED) is 0.441. The van der Waals surface area contributed by atoms with Gasteiger partial charge in [-0.15, -0.1) is 11.3 Å². The van der Waals surface area contributed by atoms with Crippen LogP contribution in [0.5, 0.6) is 0 Å². The van der Waals surface area contributed by atoms with Gasteiger partial charge in [-0.2, -0.15) is 0 Å². The lowest BCUT2D eigenvalue weighted by atomic mass is 10.0. The molecular formula is C25H33N3O7S2. The Hall–Kier alpha value is -2.96. The van der Waals surface area contributed by atoms with Gasteiger partial charge >= 0.3 is 12.1 Å². The highest BCUT2D eigenvalue weighted by molar-refractivity contribution is 7.89. The number of esters is 1. The van der Waals surface area contributed by atoms with Crippen LogP contribution in [-0.4, -0.2) is 68.9 Å². The summed E-state index contributed by atoms with van der Waals surface area (Å²) >= 11 is 1.21. The van der Waals surface area contributed by atoms with Crippen molar-refractivity contribution in [1.82, 2.24) is 9.21 Å². The molecule has 0 atom stereocenters. The van der Waals surface area contributed by atoms with E-state index in [1.165, 1.54) is 47.0 Å². The third kappa shape index (κ3) is 6.49. The summed E-state index contributed by atoms with van der Waals surface area (Å²) in [6.07, 6.45) is 1.62. The molecule has 0 unspecified atom stereocenters. The molecule has 0 saturated carbocycles. The minimum atomic E-state index is -3.66. The van der Waals surface area contributed by atoms with E-state index >= 15 is 0 Å². The number of nitrogens with zero attached hydrogens (tertiary/aromatic N) is 2. The number of sulfonamides is 1. The Morgan fingerprint density at radius 2 is 1.76 bits per heavy atom. The molecule has 0 aliphatic carbocycles. The number of rotatable bonds is 10. The Kier molecular flexibility index (Phi) is 9.68. The number of thiophene rings is 1. The van der Waals surface area contributed by atoms with Gasteiger partial charge in [0.2, 0.25) is 10.0 Å². The van der Waals surface area contributed by atoms with Crippen molar-refractivity contribution in [3.05, 3.63) is 45.8 Å². The average Bonchev–Trinajstić information content (AvgIpc) is 3.24. The third-order valence-corrected chi connectivity index (χ3v) is 8.94. The van der Waals surface area contributed by atoms with Crippen molar-refractivity contribution in [2.24, 2.45) is 0 Å². The van der Waals surface area contributed by atoms with Gasteiger partial charge in [0.05, 0.1) is 30.2 Å². The zero-order valence-electron chi connectivity index (χ0n) is 21.5. The van der Waals surface area contributed by atoms with E-state index in [0.717, 1.165) is 23.3 Å². The maximum Gasteiger partial charge on any atom is 0.410 e. The molecule has 37 heavy (non-hydrogen) atoms. The first-order valence-corrected chi connectivity index (χ1v) is 14.5. The summed E-state index contributed by atoms with van der Waals surface area (Å²) in [4.78, 5) is 40.5. The van der Waals surface area contributed by atoms with Crippen LogP contribution in [0.1, 0.15) is 64.8 Å². The van der Waals surface area contributed by atoms with Gasteiger partial charge < -0.3 is 19.7 Å². The minimum Gasteiger partial charge on any atom is -0.462 e. The summed E-state index contributed by atoms with van der Waals surface area (Å²) in [7, 11) is -2.12. The smallest absolute Gasteiger partial charge is 0.410 e. The second-order valence-corrected chi connectivity index (χ2v) is 11.6. The topological polar surface area (TPSA) is 122 Å². The third-order valence-electron chi connectivity index (χ3n) is 5.94. The minimum absolute atomic E-state index is 0.0977. The summed E-state index contributed by atoms with van der Waals surface area (Å²) in [5.74, 6) is -1.04. The highest BCUT2D eigenvalue weighted by Crippen LogP contribution is 2.38. The number of benzene rings is 1. The molecule has 1 aliphatic rings. The second-order valence-electron chi connectivity index (χ2n) is 8.46. The van der Waals surface area contributed by atoms with Crippen LogP contribution < -0.4 is 5.32 Å². The van der Waals surface area contributed by atoms with Crippen molar-refractivity contribution in [2.75, 3.05) is 38.7 Å². The summed E-state index contributed by atoms with van der Waals surface area (Å²) < 4.78 is 37.1. The van der Waals surface area contributed by atoms with Crippen LogP contribution in [0.25, 0.3) is 0 Å². The number of ether oxygens (including phenoxy) is 2. The number of unbranched alkanes of at least 4 members (excludes halogenated alkanes) is 1. The standard InChI is InChI=1S/C25H33N3O7S2/c1-5-8-14-27(4)37(32,33)18-11-9-17(10-12-18)22(29)26-23-21(24(30)34-6-2)19-13-15-28(16-20(19)36-23)25(31)35-7-3/h9-12H,5-8,13-16H2,1-4H3,(H,26,29). The van der Waals surface area contributed by atoms with E-state index in [-0.39, 0.29) is 35.8 Å². The fourth-order valence-electron chi connectivity index (χ4n) is 3.92. The van der Waals surface area contributed by atoms with Crippen LogP contribution >= 0.6 is 11.3 Å². The van der Waals surface area contributed by atoms with Crippen molar-refractivity contribution < 1.29 is 32.3 Å². The molecule has 1 N–H and O–H groups in total. The first-order valence-electron chi connectivity index (χ1n) is 12.2. The molecule has 1 aliphatic heterocycles. The molecule has 0 saturated heterocycles. The molecule has 10 nitrogen and oxygen atoms in total. The van der Waals surface area contributed by atoms with E-state index in [9.17, 15) is 22.8 Å². The molecule has 0 radical (unpaired) electrons. The summed E-state index contributed by atoms with van der Waals surface area (Å²) in [5, 5.41) is 3.11. The highest BCUT2D eigenvalue weighted by Gasteiger charge is 2.31. The Morgan fingerprint density at radius 3 is 2.38 bits per heavy atom. The maximum absolute atomic E-state index is 13.1. The summed E-state index contributed by atoms with van der Waals surface area (Å²) in [5.41, 5.74) is 1.27. The molecular weight excluding hydrogens is 518 g/mol. The van der Waals surface area contributed by atoms with Crippen LogP contribution in [0.2, 0.25) is 0 Å². The molecule has 0 bridgehead atoms. The van der Waals surface area contributed by atoms with Gasteiger partial charge in [0.15, 0.2) is 0 Å². The van der Waals surface area contributed by atoms with Crippen molar-refractivity contribution in [3.63, 3.8) is 0 Å². The van der Waals surface area contributed by atoms with Crippen LogP contribution in [0.3, 0.4) is 0 Å². The molecule has 202 valence electrons. The maximum atomic E-state index is 13.1. The fourth-order valence-corrected chi connectivity index (χ4v) is 6.37. The molecule has 0 spiro atoms. The molecule has 1 aromatic carbocycles. The van der Waals surface area contributed by atoms with Gasteiger partial charge in [-0.05, 0) is 56.5 Å². The highest BCUT2D eigenvalue weighted by atomic mass is 32.2. The van der Waals surface area contributed by atoms with E-state index < -0.39 is 28.0 Å². The predicted molar refractivity (Wildman–Crippen MR) is 141 cm³/mol. The number of fused-ring (bicyclic) bond motifs is 1. The van der Waals surface area contributed by atoms with Gasteiger partial charge in [-0.1, -0.05) is 13.3 Å². The number of carbonyl (C=O) groups excluding carboxylic acids is 3. The predicted octanol–water partition coefficient (Wildman–Crippen LogP) is 4.11. The lowest BCUT2D eigenvalue weighted by molar-refractivity contribution is 0.0526. The zero-order chi connectivity index (χ0) is 27.2. The van der Waals surface area contributed by atoms with E-state index in [0.29, 0.717) is 24.5 Å². The number of amides is 2. The van der Waals surface area contributed by atoms with Crippen LogP contribution in [0, 0.1) is 0 Å². The number of hydrogen-bond donors (Lipinski definition) is 1. The number of hydrogen-bond acceptors (Lipinski definition) is 8. The Labute approximate surface area is 221 Å². The normalized spacial score (nSPS) is 13.3. The molecule has 3 rings (SSSR count). The van der Waals surface area contributed by atoms with E-state index in [1.807, 2.05) is 6.92 Å². The SMILES string of the molecule is CCCCN(C)S(=O)(=O)c1ccc(C(=O)Nc2sc3c(c2C(=O)OCC)CCN(C(=O)OCC)C3)cc1. The average molecular weight is 552 g/mol. The molecule has 1 aromatic heterocycles. The Balaban J connectivity index is 1.83.